The first-order valence-electron chi connectivity index (χ1n) is 8.34. The highest BCUT2D eigenvalue weighted by atomic mass is 32.2. The van der Waals surface area contributed by atoms with E-state index >= 15 is 0 Å². The third kappa shape index (κ3) is 4.45. The number of nitrogens with one attached hydrogen (secondary N) is 1. The van der Waals surface area contributed by atoms with Crippen LogP contribution in [0.5, 0.6) is 0 Å². The Morgan fingerprint density at radius 1 is 1.25 bits per heavy atom. The lowest BCUT2D eigenvalue weighted by atomic mass is 10.2. The van der Waals surface area contributed by atoms with Crippen LogP contribution in [0.3, 0.4) is 0 Å². The molecule has 0 aliphatic carbocycles. The Bertz CT molecular complexity index is 736. The van der Waals surface area contributed by atoms with Crippen molar-refractivity contribution in [2.45, 2.75) is 57.0 Å². The van der Waals surface area contributed by atoms with Crippen molar-refractivity contribution in [1.82, 2.24) is 14.2 Å². The number of hydrogen-bond acceptors (Lipinski definition) is 4. The van der Waals surface area contributed by atoms with Crippen molar-refractivity contribution in [3.63, 3.8) is 0 Å². The molecule has 1 fully saturated rings. The zero-order chi connectivity index (χ0) is 17.7. The molecule has 0 saturated carbocycles. The van der Waals surface area contributed by atoms with E-state index in [4.69, 9.17) is 0 Å². The average Bonchev–Trinajstić information content (AvgIpc) is 2.57. The molecule has 1 atom stereocenters. The molecular formula is C16H25N3O4S. The van der Waals surface area contributed by atoms with E-state index < -0.39 is 15.6 Å². The molecule has 1 saturated heterocycles. The molecule has 134 valence electrons. The van der Waals surface area contributed by atoms with Crippen molar-refractivity contribution in [3.8, 4) is 0 Å². The summed E-state index contributed by atoms with van der Waals surface area (Å²) in [6.07, 6.45) is 4.76. The number of nitrogens with zero attached hydrogens (tertiary/aromatic N) is 2. The summed E-state index contributed by atoms with van der Waals surface area (Å²) in [4.78, 5) is 24.0. The highest BCUT2D eigenvalue weighted by molar-refractivity contribution is 7.89. The molecule has 1 aromatic rings. The third-order valence-corrected chi connectivity index (χ3v) is 6.13. The molecule has 1 aromatic heterocycles. The summed E-state index contributed by atoms with van der Waals surface area (Å²) in [7, 11) is -3.62. The zero-order valence-electron chi connectivity index (χ0n) is 14.2. The average molecular weight is 355 g/mol. The number of aromatic nitrogens is 1. The minimum atomic E-state index is -3.62. The SMILES string of the molecule is CC[C@H](C)NC(=O)Cn1cc(S(=O)(=O)N2CCCCC2)ccc1=O. The molecule has 1 aliphatic rings. The van der Waals surface area contributed by atoms with Crippen molar-refractivity contribution in [2.24, 2.45) is 0 Å². The van der Waals surface area contributed by atoms with Crippen molar-refractivity contribution in [3.05, 3.63) is 28.7 Å². The van der Waals surface area contributed by atoms with Gasteiger partial charge in [0.15, 0.2) is 0 Å². The largest absolute Gasteiger partial charge is 0.352 e. The fourth-order valence-electron chi connectivity index (χ4n) is 2.62. The van der Waals surface area contributed by atoms with E-state index in [2.05, 4.69) is 5.32 Å². The van der Waals surface area contributed by atoms with Crippen molar-refractivity contribution in [1.29, 1.82) is 0 Å². The van der Waals surface area contributed by atoms with Crippen molar-refractivity contribution in [2.75, 3.05) is 13.1 Å². The Kier molecular flexibility index (Phi) is 6.17. The highest BCUT2D eigenvalue weighted by Gasteiger charge is 2.26. The number of piperidine rings is 1. The van der Waals surface area contributed by atoms with Crippen LogP contribution in [0.1, 0.15) is 39.5 Å². The lowest BCUT2D eigenvalue weighted by molar-refractivity contribution is -0.122. The Balaban J connectivity index is 2.21. The van der Waals surface area contributed by atoms with Crippen LogP contribution in [0, 0.1) is 0 Å². The van der Waals surface area contributed by atoms with Gasteiger partial charge < -0.3 is 9.88 Å². The van der Waals surface area contributed by atoms with E-state index in [9.17, 15) is 18.0 Å². The quantitative estimate of drug-likeness (QED) is 0.822. The predicted octanol–water partition coefficient (Wildman–Crippen LogP) is 0.938. The van der Waals surface area contributed by atoms with Crippen LogP contribution in [0.25, 0.3) is 0 Å². The molecule has 24 heavy (non-hydrogen) atoms. The maximum Gasteiger partial charge on any atom is 0.251 e. The second kappa shape index (κ2) is 7.94. The van der Waals surface area contributed by atoms with Crippen LogP contribution < -0.4 is 10.9 Å². The summed E-state index contributed by atoms with van der Waals surface area (Å²) in [5, 5.41) is 2.77. The third-order valence-electron chi connectivity index (χ3n) is 4.24. The first kappa shape index (κ1) is 18.7. The molecule has 0 unspecified atom stereocenters. The first-order chi connectivity index (χ1) is 11.3. The van der Waals surface area contributed by atoms with Crippen LogP contribution in [-0.2, 0) is 21.4 Å². The van der Waals surface area contributed by atoms with Gasteiger partial charge in [-0.2, -0.15) is 4.31 Å². The number of pyridine rings is 1. The first-order valence-corrected chi connectivity index (χ1v) is 9.78. The van der Waals surface area contributed by atoms with Gasteiger partial charge in [0, 0.05) is 31.4 Å². The number of amides is 1. The maximum absolute atomic E-state index is 12.7. The Morgan fingerprint density at radius 2 is 1.92 bits per heavy atom. The maximum atomic E-state index is 12.7. The molecule has 8 heteroatoms. The van der Waals surface area contributed by atoms with E-state index in [1.165, 1.54) is 22.6 Å². The summed E-state index contributed by atoms with van der Waals surface area (Å²) >= 11 is 0. The number of carbonyl (C=O) groups is 1. The number of rotatable bonds is 6. The van der Waals surface area contributed by atoms with E-state index in [-0.39, 0.29) is 23.4 Å². The Hall–Kier alpha value is -1.67. The van der Waals surface area contributed by atoms with Gasteiger partial charge >= 0.3 is 0 Å². The van der Waals surface area contributed by atoms with E-state index in [0.717, 1.165) is 30.3 Å². The van der Waals surface area contributed by atoms with Gasteiger partial charge in [-0.25, -0.2) is 8.42 Å². The second-order valence-corrected chi connectivity index (χ2v) is 8.11. The Labute approximate surface area is 142 Å². The van der Waals surface area contributed by atoms with Gasteiger partial charge in [-0.1, -0.05) is 13.3 Å². The van der Waals surface area contributed by atoms with Gasteiger partial charge in [0.25, 0.3) is 5.56 Å². The fraction of sp³-hybridized carbons (Fsp3) is 0.625. The van der Waals surface area contributed by atoms with Gasteiger partial charge in [-0.3, -0.25) is 9.59 Å². The molecule has 2 heterocycles. The number of hydrogen-bond donors (Lipinski definition) is 1. The summed E-state index contributed by atoms with van der Waals surface area (Å²) in [6, 6.07) is 2.52. The monoisotopic (exact) mass is 355 g/mol. The van der Waals surface area contributed by atoms with Crippen LogP contribution in [0.15, 0.2) is 28.0 Å². The number of sulfonamides is 1. The highest BCUT2D eigenvalue weighted by Crippen LogP contribution is 2.19. The lowest BCUT2D eigenvalue weighted by Crippen LogP contribution is -2.38. The topological polar surface area (TPSA) is 88.5 Å². The van der Waals surface area contributed by atoms with Crippen LogP contribution in [0.4, 0.5) is 0 Å². The molecule has 0 spiro atoms. The molecule has 1 N–H and O–H groups in total. The molecule has 0 radical (unpaired) electrons. The van der Waals surface area contributed by atoms with E-state index in [1.807, 2.05) is 13.8 Å². The molecule has 2 rings (SSSR count). The lowest BCUT2D eigenvalue weighted by Gasteiger charge is -2.26. The van der Waals surface area contributed by atoms with Crippen LogP contribution >= 0.6 is 0 Å². The zero-order valence-corrected chi connectivity index (χ0v) is 15.0. The van der Waals surface area contributed by atoms with E-state index in [0.29, 0.717) is 13.1 Å². The standard InChI is InChI=1S/C16H25N3O4S/c1-3-13(2)17-15(20)12-18-11-14(7-8-16(18)21)24(22,23)19-9-5-4-6-10-19/h7-8,11,13H,3-6,9-10,12H2,1-2H3,(H,17,20)/t13-/m0/s1. The summed E-state index contributed by atoms with van der Waals surface area (Å²) in [6.45, 7) is 4.62. The van der Waals surface area contributed by atoms with E-state index in [1.54, 1.807) is 0 Å². The molecule has 1 aliphatic heterocycles. The summed E-state index contributed by atoms with van der Waals surface area (Å²) in [5.74, 6) is -0.307. The number of carbonyl (C=O) groups excluding carboxylic acids is 1. The van der Waals surface area contributed by atoms with Crippen molar-refractivity contribution < 1.29 is 13.2 Å². The molecule has 7 nitrogen and oxygen atoms in total. The smallest absolute Gasteiger partial charge is 0.251 e. The van der Waals surface area contributed by atoms with Gasteiger partial charge in [0.05, 0.1) is 4.90 Å². The van der Waals surface area contributed by atoms with Crippen LogP contribution in [0.2, 0.25) is 0 Å². The summed E-state index contributed by atoms with van der Waals surface area (Å²) < 4.78 is 27.9. The molecule has 0 aromatic carbocycles. The fourth-order valence-corrected chi connectivity index (χ4v) is 4.15. The van der Waals surface area contributed by atoms with Crippen LogP contribution in [-0.4, -0.2) is 42.3 Å². The Morgan fingerprint density at radius 3 is 2.54 bits per heavy atom. The predicted molar refractivity (Wildman–Crippen MR) is 91.2 cm³/mol. The normalized spacial score (nSPS) is 17.4. The minimum absolute atomic E-state index is 0.00784. The van der Waals surface area contributed by atoms with Crippen molar-refractivity contribution >= 4 is 15.9 Å². The molecule has 1 amide bonds. The van der Waals surface area contributed by atoms with Gasteiger partial charge in [0.2, 0.25) is 15.9 Å². The van der Waals surface area contributed by atoms with Gasteiger partial charge in [0.1, 0.15) is 6.54 Å². The van der Waals surface area contributed by atoms with Gasteiger partial charge in [-0.05, 0) is 32.3 Å². The van der Waals surface area contributed by atoms with Gasteiger partial charge in [-0.15, -0.1) is 0 Å². The minimum Gasteiger partial charge on any atom is -0.352 e. The second-order valence-electron chi connectivity index (χ2n) is 6.17. The molecular weight excluding hydrogens is 330 g/mol. The molecule has 0 bridgehead atoms. The summed E-state index contributed by atoms with van der Waals surface area (Å²) in [5.41, 5.74) is -0.396.